The van der Waals surface area contributed by atoms with Gasteiger partial charge in [0.25, 0.3) is 0 Å². The quantitative estimate of drug-likeness (QED) is 0.810. The van der Waals surface area contributed by atoms with Crippen LogP contribution in [-0.2, 0) is 11.2 Å². The van der Waals surface area contributed by atoms with Crippen molar-refractivity contribution in [2.45, 2.75) is 45.6 Å². The molecule has 1 amide bonds. The first-order valence-corrected chi connectivity index (χ1v) is 5.88. The van der Waals surface area contributed by atoms with Crippen molar-refractivity contribution in [2.24, 2.45) is 0 Å². The van der Waals surface area contributed by atoms with Crippen LogP contribution in [0.5, 0.6) is 0 Å². The summed E-state index contributed by atoms with van der Waals surface area (Å²) in [7, 11) is 0. The van der Waals surface area contributed by atoms with Crippen LogP contribution in [0.3, 0.4) is 0 Å². The van der Waals surface area contributed by atoms with E-state index in [1.165, 1.54) is 5.56 Å². The molecule has 1 aromatic carbocycles. The SMILES string of the molecule is CCC(=O)NC(C)(C)CCc1ccccc1. The summed E-state index contributed by atoms with van der Waals surface area (Å²) in [5, 5.41) is 3.04. The number of hydrogen-bond acceptors (Lipinski definition) is 1. The second-order valence-electron chi connectivity index (χ2n) is 4.77. The molecule has 0 aliphatic heterocycles. The van der Waals surface area contributed by atoms with Gasteiger partial charge in [0.15, 0.2) is 0 Å². The lowest BCUT2D eigenvalue weighted by molar-refractivity contribution is -0.122. The van der Waals surface area contributed by atoms with Crippen molar-refractivity contribution in [3.8, 4) is 0 Å². The minimum absolute atomic E-state index is 0.122. The van der Waals surface area contributed by atoms with E-state index in [0.29, 0.717) is 6.42 Å². The lowest BCUT2D eigenvalue weighted by atomic mass is 9.95. The predicted molar refractivity (Wildman–Crippen MR) is 67.3 cm³/mol. The number of carbonyl (C=O) groups is 1. The van der Waals surface area contributed by atoms with Gasteiger partial charge in [-0.25, -0.2) is 0 Å². The maximum Gasteiger partial charge on any atom is 0.220 e. The van der Waals surface area contributed by atoms with Crippen LogP contribution < -0.4 is 5.32 Å². The molecule has 2 heteroatoms. The third kappa shape index (κ3) is 4.47. The molecule has 0 aliphatic rings. The molecule has 0 spiro atoms. The van der Waals surface area contributed by atoms with Gasteiger partial charge in [0.1, 0.15) is 0 Å². The summed E-state index contributed by atoms with van der Waals surface area (Å²) >= 11 is 0. The highest BCUT2D eigenvalue weighted by atomic mass is 16.1. The van der Waals surface area contributed by atoms with Crippen molar-refractivity contribution in [1.29, 1.82) is 0 Å². The average molecular weight is 219 g/mol. The zero-order chi connectivity index (χ0) is 12.0. The van der Waals surface area contributed by atoms with Gasteiger partial charge in [0, 0.05) is 12.0 Å². The molecule has 0 fully saturated rings. The van der Waals surface area contributed by atoms with Crippen LogP contribution in [0.1, 0.15) is 39.2 Å². The van der Waals surface area contributed by atoms with E-state index in [9.17, 15) is 4.79 Å². The summed E-state index contributed by atoms with van der Waals surface area (Å²) in [5.74, 6) is 0.123. The Bertz CT molecular complexity index is 330. The summed E-state index contributed by atoms with van der Waals surface area (Å²) in [6, 6.07) is 10.4. The van der Waals surface area contributed by atoms with Gasteiger partial charge < -0.3 is 5.32 Å². The zero-order valence-electron chi connectivity index (χ0n) is 10.4. The van der Waals surface area contributed by atoms with Crippen LogP contribution in [0.4, 0.5) is 0 Å². The summed E-state index contributed by atoms with van der Waals surface area (Å²) in [5.41, 5.74) is 1.20. The molecule has 2 nitrogen and oxygen atoms in total. The van der Waals surface area contributed by atoms with Gasteiger partial charge >= 0.3 is 0 Å². The minimum atomic E-state index is -0.122. The largest absolute Gasteiger partial charge is 0.351 e. The van der Waals surface area contributed by atoms with E-state index in [-0.39, 0.29) is 11.4 Å². The molecule has 0 saturated carbocycles. The van der Waals surface area contributed by atoms with E-state index in [4.69, 9.17) is 0 Å². The number of hydrogen-bond donors (Lipinski definition) is 1. The maximum absolute atomic E-state index is 11.3. The van der Waals surface area contributed by atoms with Gasteiger partial charge in [0.05, 0.1) is 0 Å². The number of carbonyl (C=O) groups excluding carboxylic acids is 1. The van der Waals surface area contributed by atoms with Crippen LogP contribution in [-0.4, -0.2) is 11.4 Å². The molecular weight excluding hydrogens is 198 g/mol. The topological polar surface area (TPSA) is 29.1 Å². The van der Waals surface area contributed by atoms with E-state index >= 15 is 0 Å². The molecule has 1 N–H and O–H groups in total. The first-order valence-electron chi connectivity index (χ1n) is 5.88. The maximum atomic E-state index is 11.3. The van der Waals surface area contributed by atoms with Crippen LogP contribution in [0.2, 0.25) is 0 Å². The fraction of sp³-hybridized carbons (Fsp3) is 0.500. The summed E-state index contributed by atoms with van der Waals surface area (Å²) in [6.07, 6.45) is 2.51. The molecule has 0 saturated heterocycles. The normalized spacial score (nSPS) is 11.2. The Kier molecular flexibility index (Phi) is 4.53. The first-order chi connectivity index (χ1) is 7.53. The molecule has 0 radical (unpaired) electrons. The van der Waals surface area contributed by atoms with Gasteiger partial charge in [-0.1, -0.05) is 37.3 Å². The number of amides is 1. The smallest absolute Gasteiger partial charge is 0.220 e. The second-order valence-corrected chi connectivity index (χ2v) is 4.77. The highest BCUT2D eigenvalue weighted by molar-refractivity contribution is 5.76. The zero-order valence-corrected chi connectivity index (χ0v) is 10.4. The molecule has 88 valence electrons. The highest BCUT2D eigenvalue weighted by Crippen LogP contribution is 2.13. The van der Waals surface area contributed by atoms with E-state index < -0.39 is 0 Å². The number of nitrogens with one attached hydrogen (secondary N) is 1. The Labute approximate surface area is 98.1 Å². The van der Waals surface area contributed by atoms with Crippen molar-refractivity contribution in [2.75, 3.05) is 0 Å². The summed E-state index contributed by atoms with van der Waals surface area (Å²) in [4.78, 5) is 11.3. The monoisotopic (exact) mass is 219 g/mol. The van der Waals surface area contributed by atoms with Gasteiger partial charge in [-0.3, -0.25) is 4.79 Å². The Morgan fingerprint density at radius 2 is 1.88 bits per heavy atom. The molecule has 0 bridgehead atoms. The first kappa shape index (κ1) is 12.8. The van der Waals surface area contributed by atoms with Crippen molar-refractivity contribution in [1.82, 2.24) is 5.32 Å². The van der Waals surface area contributed by atoms with Gasteiger partial charge in [0.2, 0.25) is 5.91 Å². The highest BCUT2D eigenvalue weighted by Gasteiger charge is 2.18. The van der Waals surface area contributed by atoms with Crippen molar-refractivity contribution >= 4 is 5.91 Å². The van der Waals surface area contributed by atoms with Gasteiger partial charge in [-0.2, -0.15) is 0 Å². The van der Waals surface area contributed by atoms with Crippen LogP contribution in [0.25, 0.3) is 0 Å². The van der Waals surface area contributed by atoms with E-state index in [0.717, 1.165) is 12.8 Å². The van der Waals surface area contributed by atoms with E-state index in [1.807, 2.05) is 25.1 Å². The molecule has 0 unspecified atom stereocenters. The minimum Gasteiger partial charge on any atom is -0.351 e. The number of aryl methyl sites for hydroxylation is 1. The Hall–Kier alpha value is -1.31. The van der Waals surface area contributed by atoms with Gasteiger partial charge in [-0.05, 0) is 32.3 Å². The van der Waals surface area contributed by atoms with E-state index in [2.05, 4.69) is 31.3 Å². The van der Waals surface area contributed by atoms with Crippen molar-refractivity contribution in [3.05, 3.63) is 35.9 Å². The fourth-order valence-corrected chi connectivity index (χ4v) is 1.63. The Morgan fingerprint density at radius 3 is 2.44 bits per heavy atom. The number of rotatable bonds is 5. The summed E-state index contributed by atoms with van der Waals surface area (Å²) in [6.45, 7) is 6.02. The average Bonchev–Trinajstić information content (AvgIpc) is 2.27. The van der Waals surface area contributed by atoms with Gasteiger partial charge in [-0.15, -0.1) is 0 Å². The third-order valence-corrected chi connectivity index (χ3v) is 2.68. The predicted octanol–water partition coefficient (Wildman–Crippen LogP) is 2.92. The fourth-order valence-electron chi connectivity index (χ4n) is 1.63. The Morgan fingerprint density at radius 1 is 1.25 bits per heavy atom. The number of benzene rings is 1. The second kappa shape index (κ2) is 5.69. The van der Waals surface area contributed by atoms with E-state index in [1.54, 1.807) is 0 Å². The van der Waals surface area contributed by atoms with Crippen molar-refractivity contribution < 1.29 is 4.79 Å². The molecule has 1 aromatic rings. The molecule has 0 aromatic heterocycles. The lowest BCUT2D eigenvalue weighted by Crippen LogP contribution is -2.43. The summed E-state index contributed by atoms with van der Waals surface area (Å²) < 4.78 is 0. The molecule has 16 heavy (non-hydrogen) atoms. The van der Waals surface area contributed by atoms with Crippen LogP contribution >= 0.6 is 0 Å². The van der Waals surface area contributed by atoms with Crippen LogP contribution in [0, 0.1) is 0 Å². The molecule has 0 atom stereocenters. The molecular formula is C14H21NO. The van der Waals surface area contributed by atoms with Crippen molar-refractivity contribution in [3.63, 3.8) is 0 Å². The molecule has 1 rings (SSSR count). The van der Waals surface area contributed by atoms with Crippen LogP contribution in [0.15, 0.2) is 30.3 Å². The standard InChI is InChI=1S/C14H21NO/c1-4-13(16)15-14(2,3)11-10-12-8-6-5-7-9-12/h5-9H,4,10-11H2,1-3H3,(H,15,16). The third-order valence-electron chi connectivity index (χ3n) is 2.68. The molecule has 0 heterocycles. The molecule has 0 aliphatic carbocycles. The lowest BCUT2D eigenvalue weighted by Gasteiger charge is -2.26. The Balaban J connectivity index is 2.44.